The van der Waals surface area contributed by atoms with E-state index < -0.39 is 5.91 Å². The van der Waals surface area contributed by atoms with Gasteiger partial charge in [-0.1, -0.05) is 5.10 Å². The minimum Gasteiger partial charge on any atom is -0.395 e. The van der Waals surface area contributed by atoms with Crippen LogP contribution in [-0.4, -0.2) is 35.9 Å². The highest BCUT2D eigenvalue weighted by Crippen LogP contribution is 2.10. The lowest BCUT2D eigenvalue weighted by molar-refractivity contribution is 0.0996. The number of tetrazole rings is 1. The van der Waals surface area contributed by atoms with Crippen LogP contribution < -0.4 is 11.5 Å². The van der Waals surface area contributed by atoms with Crippen LogP contribution in [0.1, 0.15) is 10.5 Å². The lowest BCUT2D eigenvalue weighted by Gasteiger charge is -1.95. The van der Waals surface area contributed by atoms with Gasteiger partial charge in [-0.25, -0.2) is 9.36 Å². The monoisotopic (exact) mass is 208 g/mol. The zero-order valence-electron chi connectivity index (χ0n) is 7.82. The van der Waals surface area contributed by atoms with Crippen LogP contribution in [0.15, 0.2) is 6.20 Å². The molecule has 0 spiro atoms. The summed E-state index contributed by atoms with van der Waals surface area (Å²) in [5.74, 6) is -0.351. The van der Waals surface area contributed by atoms with Crippen molar-refractivity contribution in [2.75, 3.05) is 5.73 Å². The summed E-state index contributed by atoms with van der Waals surface area (Å²) in [5, 5.41) is 14.6. The molecule has 0 bridgehead atoms. The summed E-state index contributed by atoms with van der Waals surface area (Å²) >= 11 is 0. The summed E-state index contributed by atoms with van der Waals surface area (Å²) in [7, 11) is 1.64. The molecule has 0 aromatic carbocycles. The van der Waals surface area contributed by atoms with Crippen molar-refractivity contribution in [3.8, 4) is 5.95 Å². The number of nitrogens with two attached hydrogens (primary N) is 2. The van der Waals surface area contributed by atoms with Gasteiger partial charge in [-0.2, -0.15) is 5.10 Å². The Balaban J connectivity index is 2.52. The van der Waals surface area contributed by atoms with Crippen LogP contribution in [0.2, 0.25) is 0 Å². The van der Waals surface area contributed by atoms with E-state index in [1.165, 1.54) is 15.6 Å². The van der Waals surface area contributed by atoms with Crippen molar-refractivity contribution < 1.29 is 4.79 Å². The predicted octanol–water partition coefficient (Wildman–Crippen LogP) is -1.92. The van der Waals surface area contributed by atoms with Crippen molar-refractivity contribution in [3.63, 3.8) is 0 Å². The highest BCUT2D eigenvalue weighted by molar-refractivity contribution is 5.95. The summed E-state index contributed by atoms with van der Waals surface area (Å²) in [4.78, 5) is 10.9. The van der Waals surface area contributed by atoms with Crippen LogP contribution in [0.25, 0.3) is 5.95 Å². The van der Waals surface area contributed by atoms with Gasteiger partial charge in [0.1, 0.15) is 0 Å². The van der Waals surface area contributed by atoms with E-state index in [1.54, 1.807) is 7.05 Å². The van der Waals surface area contributed by atoms with E-state index in [4.69, 9.17) is 11.5 Å². The Bertz CT molecular complexity index is 511. The number of primary amides is 1. The molecule has 0 saturated heterocycles. The van der Waals surface area contributed by atoms with Gasteiger partial charge < -0.3 is 11.5 Å². The first-order valence-electron chi connectivity index (χ1n) is 3.97. The zero-order valence-corrected chi connectivity index (χ0v) is 7.82. The van der Waals surface area contributed by atoms with E-state index in [2.05, 4.69) is 20.6 Å². The van der Waals surface area contributed by atoms with Gasteiger partial charge in [0.2, 0.25) is 0 Å². The summed E-state index contributed by atoms with van der Waals surface area (Å²) in [5.41, 5.74) is 10.8. The lowest BCUT2D eigenvalue weighted by Crippen LogP contribution is -2.14. The third-order valence-electron chi connectivity index (χ3n) is 1.78. The van der Waals surface area contributed by atoms with Gasteiger partial charge in [0, 0.05) is 7.05 Å². The third kappa shape index (κ3) is 1.39. The molecule has 2 heterocycles. The second kappa shape index (κ2) is 3.04. The molecule has 9 heteroatoms. The highest BCUT2D eigenvalue weighted by atomic mass is 16.1. The number of anilines is 1. The Hall–Kier alpha value is -2.45. The average molecular weight is 208 g/mol. The maximum absolute atomic E-state index is 10.9. The van der Waals surface area contributed by atoms with Gasteiger partial charge in [0.05, 0.1) is 11.9 Å². The van der Waals surface area contributed by atoms with Gasteiger partial charge in [0.25, 0.3) is 11.9 Å². The minimum absolute atomic E-state index is 0.00185. The first-order chi connectivity index (χ1) is 7.09. The summed E-state index contributed by atoms with van der Waals surface area (Å²) < 4.78 is 2.67. The first-order valence-corrected chi connectivity index (χ1v) is 3.97. The number of hydrogen-bond acceptors (Lipinski definition) is 6. The average Bonchev–Trinajstić information content (AvgIpc) is 2.71. The molecular formula is C6H8N8O. The standard InChI is InChI=1S/C6H8N8O/c1-13-6(9-11-12-13)14-2-3(7)4(10-14)5(8)15/h2H,7H2,1H3,(H2,8,15). The minimum atomic E-state index is -0.693. The van der Waals surface area contributed by atoms with Gasteiger partial charge in [-0.15, -0.1) is 0 Å². The van der Waals surface area contributed by atoms with Crippen LogP contribution in [0.3, 0.4) is 0 Å². The molecule has 2 rings (SSSR count). The van der Waals surface area contributed by atoms with Crippen molar-refractivity contribution in [1.82, 2.24) is 30.0 Å². The number of amides is 1. The summed E-state index contributed by atoms with van der Waals surface area (Å²) in [6.45, 7) is 0. The maximum atomic E-state index is 10.9. The highest BCUT2D eigenvalue weighted by Gasteiger charge is 2.14. The SMILES string of the molecule is Cn1nnnc1-n1cc(N)c(C(N)=O)n1. The molecule has 0 aliphatic carbocycles. The fourth-order valence-electron chi connectivity index (χ4n) is 1.10. The zero-order chi connectivity index (χ0) is 11.0. The van der Waals surface area contributed by atoms with Crippen molar-refractivity contribution in [2.45, 2.75) is 0 Å². The number of hydrogen-bond donors (Lipinski definition) is 2. The number of rotatable bonds is 2. The van der Waals surface area contributed by atoms with Gasteiger partial charge in [-0.05, 0) is 10.4 Å². The summed E-state index contributed by atoms with van der Waals surface area (Å²) in [6.07, 6.45) is 1.42. The van der Waals surface area contributed by atoms with Crippen molar-refractivity contribution in [1.29, 1.82) is 0 Å². The van der Waals surface area contributed by atoms with Crippen LogP contribution in [-0.2, 0) is 7.05 Å². The largest absolute Gasteiger partial charge is 0.395 e. The quantitative estimate of drug-likeness (QED) is 0.591. The first kappa shape index (κ1) is 9.12. The molecule has 0 aliphatic rings. The number of aryl methyl sites for hydroxylation is 1. The third-order valence-corrected chi connectivity index (χ3v) is 1.78. The van der Waals surface area contributed by atoms with Crippen LogP contribution in [0, 0.1) is 0 Å². The van der Waals surface area contributed by atoms with Gasteiger partial charge in [-0.3, -0.25) is 4.79 Å². The second-order valence-corrected chi connectivity index (χ2v) is 2.84. The number of carbonyl (C=O) groups excluding carboxylic acids is 1. The normalized spacial score (nSPS) is 10.5. The van der Waals surface area contributed by atoms with E-state index in [0.717, 1.165) is 0 Å². The number of nitrogens with zero attached hydrogens (tertiary/aromatic N) is 6. The Labute approximate surface area is 83.7 Å². The molecule has 0 fully saturated rings. The predicted molar refractivity (Wildman–Crippen MR) is 48.9 cm³/mol. The van der Waals surface area contributed by atoms with Crippen LogP contribution >= 0.6 is 0 Å². The molecule has 0 saturated carbocycles. The molecular weight excluding hydrogens is 200 g/mol. The molecule has 9 nitrogen and oxygen atoms in total. The molecule has 0 radical (unpaired) electrons. The molecule has 1 amide bonds. The fourth-order valence-corrected chi connectivity index (χ4v) is 1.10. The molecule has 4 N–H and O–H groups in total. The number of nitrogen functional groups attached to an aromatic ring is 1. The van der Waals surface area contributed by atoms with Crippen LogP contribution in [0.5, 0.6) is 0 Å². The van der Waals surface area contributed by atoms with Crippen molar-refractivity contribution in [2.24, 2.45) is 12.8 Å². The summed E-state index contributed by atoms with van der Waals surface area (Å²) in [6, 6.07) is 0. The van der Waals surface area contributed by atoms with E-state index in [9.17, 15) is 4.79 Å². The van der Waals surface area contributed by atoms with E-state index in [1.807, 2.05) is 0 Å². The molecule has 0 aliphatic heterocycles. The van der Waals surface area contributed by atoms with Gasteiger partial charge >= 0.3 is 0 Å². The Morgan fingerprint density at radius 2 is 2.27 bits per heavy atom. The molecule has 2 aromatic rings. The maximum Gasteiger partial charge on any atom is 0.271 e. The Morgan fingerprint density at radius 3 is 2.73 bits per heavy atom. The van der Waals surface area contributed by atoms with E-state index >= 15 is 0 Å². The molecule has 0 atom stereocenters. The van der Waals surface area contributed by atoms with E-state index in [-0.39, 0.29) is 11.4 Å². The number of aromatic nitrogens is 6. The Kier molecular flexibility index (Phi) is 1.85. The number of carbonyl (C=O) groups is 1. The van der Waals surface area contributed by atoms with Crippen LogP contribution in [0.4, 0.5) is 5.69 Å². The van der Waals surface area contributed by atoms with Crippen molar-refractivity contribution in [3.05, 3.63) is 11.9 Å². The second-order valence-electron chi connectivity index (χ2n) is 2.84. The fraction of sp³-hybridized carbons (Fsp3) is 0.167. The smallest absolute Gasteiger partial charge is 0.271 e. The van der Waals surface area contributed by atoms with E-state index in [0.29, 0.717) is 5.95 Å². The topological polar surface area (TPSA) is 131 Å². The molecule has 2 aromatic heterocycles. The molecule has 15 heavy (non-hydrogen) atoms. The molecule has 78 valence electrons. The van der Waals surface area contributed by atoms with Gasteiger partial charge in [0.15, 0.2) is 5.69 Å². The Morgan fingerprint density at radius 1 is 1.53 bits per heavy atom. The molecule has 0 unspecified atom stereocenters. The lowest BCUT2D eigenvalue weighted by atomic mass is 10.4. The van der Waals surface area contributed by atoms with Crippen molar-refractivity contribution >= 4 is 11.6 Å².